The lowest BCUT2D eigenvalue weighted by molar-refractivity contribution is 0.448. The van der Waals surface area contributed by atoms with Crippen molar-refractivity contribution in [1.29, 1.82) is 0 Å². The van der Waals surface area contributed by atoms with Crippen LogP contribution in [0.5, 0.6) is 0 Å². The van der Waals surface area contributed by atoms with Crippen molar-refractivity contribution in [1.82, 2.24) is 5.32 Å². The molecule has 1 atom stereocenters. The van der Waals surface area contributed by atoms with Gasteiger partial charge >= 0.3 is 0 Å². The Balaban J connectivity index is 2.21. The van der Waals surface area contributed by atoms with E-state index in [0.717, 1.165) is 18.7 Å². The number of hydrogen-bond donors (Lipinski definition) is 1. The number of hydrogen-bond acceptors (Lipinski definition) is 3. The molecule has 16 heavy (non-hydrogen) atoms. The minimum Gasteiger partial charge on any atom is -0.448 e. The molecule has 0 spiro atoms. The first-order valence-corrected chi connectivity index (χ1v) is 6.64. The van der Waals surface area contributed by atoms with Gasteiger partial charge in [-0.05, 0) is 59.1 Å². The third-order valence-corrected chi connectivity index (χ3v) is 3.26. The highest BCUT2D eigenvalue weighted by Gasteiger charge is 2.17. The van der Waals surface area contributed by atoms with E-state index in [1.165, 1.54) is 5.56 Å². The topological polar surface area (TPSA) is 25.2 Å². The Bertz CT molecular complexity index is 424. The molecule has 0 saturated heterocycles. The zero-order chi connectivity index (χ0) is 11.4. The van der Waals surface area contributed by atoms with Crippen molar-refractivity contribution in [2.45, 2.75) is 19.4 Å². The average molecular weight is 256 g/mol. The van der Waals surface area contributed by atoms with Crippen LogP contribution in [0.3, 0.4) is 0 Å². The van der Waals surface area contributed by atoms with Gasteiger partial charge in [0.25, 0.3) is 0 Å². The fourth-order valence-corrected chi connectivity index (χ4v) is 2.43. The summed E-state index contributed by atoms with van der Waals surface area (Å²) in [7, 11) is 0. The van der Waals surface area contributed by atoms with E-state index in [1.54, 1.807) is 17.4 Å². The average Bonchev–Trinajstić information content (AvgIpc) is 2.91. The predicted octanol–water partition coefficient (Wildman–Crippen LogP) is 4.08. The molecule has 0 bridgehead atoms. The van der Waals surface area contributed by atoms with Crippen LogP contribution >= 0.6 is 22.9 Å². The molecule has 86 valence electrons. The molecule has 0 saturated carbocycles. The summed E-state index contributed by atoms with van der Waals surface area (Å²) in [4.78, 5) is 0. The quantitative estimate of drug-likeness (QED) is 0.871. The van der Waals surface area contributed by atoms with Crippen molar-refractivity contribution >= 4 is 22.9 Å². The Morgan fingerprint density at radius 2 is 2.31 bits per heavy atom. The van der Waals surface area contributed by atoms with E-state index in [4.69, 9.17) is 16.0 Å². The van der Waals surface area contributed by atoms with E-state index in [2.05, 4.69) is 29.1 Å². The molecule has 0 radical (unpaired) electrons. The molecule has 2 rings (SSSR count). The van der Waals surface area contributed by atoms with Crippen molar-refractivity contribution in [3.63, 3.8) is 0 Å². The molecule has 0 aromatic carbocycles. The normalized spacial score (nSPS) is 12.9. The van der Waals surface area contributed by atoms with Gasteiger partial charge in [-0.15, -0.1) is 0 Å². The van der Waals surface area contributed by atoms with Crippen molar-refractivity contribution in [3.05, 3.63) is 45.5 Å². The first-order valence-electron chi connectivity index (χ1n) is 5.32. The van der Waals surface area contributed by atoms with Gasteiger partial charge in [-0.25, -0.2) is 0 Å². The van der Waals surface area contributed by atoms with Crippen LogP contribution in [0.2, 0.25) is 5.22 Å². The maximum atomic E-state index is 5.81. The second-order valence-electron chi connectivity index (χ2n) is 3.59. The molecule has 2 aromatic heterocycles. The van der Waals surface area contributed by atoms with E-state index in [9.17, 15) is 0 Å². The lowest BCUT2D eigenvalue weighted by Crippen LogP contribution is -2.22. The molecule has 0 amide bonds. The number of nitrogens with one attached hydrogen (secondary N) is 1. The Kier molecular flexibility index (Phi) is 4.04. The maximum Gasteiger partial charge on any atom is 0.193 e. The molecule has 0 aliphatic rings. The van der Waals surface area contributed by atoms with E-state index in [0.29, 0.717) is 5.22 Å². The number of rotatable bonds is 5. The molecule has 2 nitrogen and oxygen atoms in total. The molecular weight excluding hydrogens is 242 g/mol. The third kappa shape index (κ3) is 2.67. The zero-order valence-electron chi connectivity index (χ0n) is 9.07. The zero-order valence-corrected chi connectivity index (χ0v) is 10.6. The van der Waals surface area contributed by atoms with Crippen molar-refractivity contribution in [2.24, 2.45) is 0 Å². The van der Waals surface area contributed by atoms with Crippen LogP contribution in [0.1, 0.15) is 30.7 Å². The molecule has 1 N–H and O–H groups in total. The maximum absolute atomic E-state index is 5.81. The van der Waals surface area contributed by atoms with Crippen LogP contribution in [0.4, 0.5) is 0 Å². The number of thiophene rings is 1. The van der Waals surface area contributed by atoms with Gasteiger partial charge in [-0.3, -0.25) is 0 Å². The smallest absolute Gasteiger partial charge is 0.193 e. The molecule has 4 heteroatoms. The van der Waals surface area contributed by atoms with E-state index < -0.39 is 0 Å². The highest BCUT2D eigenvalue weighted by molar-refractivity contribution is 7.08. The predicted molar refractivity (Wildman–Crippen MR) is 68.2 cm³/mol. The van der Waals surface area contributed by atoms with Crippen LogP contribution in [0.15, 0.2) is 33.4 Å². The highest BCUT2D eigenvalue weighted by atomic mass is 35.5. The van der Waals surface area contributed by atoms with Gasteiger partial charge in [-0.1, -0.05) is 6.92 Å². The molecule has 0 fully saturated rings. The van der Waals surface area contributed by atoms with Crippen LogP contribution in [-0.2, 0) is 0 Å². The summed E-state index contributed by atoms with van der Waals surface area (Å²) in [6.45, 7) is 3.10. The summed E-state index contributed by atoms with van der Waals surface area (Å²) in [5, 5.41) is 8.09. The SMILES string of the molecule is CCCNC(c1ccsc1)c1ccc(Cl)o1. The minimum absolute atomic E-state index is 0.110. The first-order chi connectivity index (χ1) is 7.81. The van der Waals surface area contributed by atoms with Crippen LogP contribution < -0.4 is 5.32 Å². The second-order valence-corrected chi connectivity index (χ2v) is 4.74. The van der Waals surface area contributed by atoms with Gasteiger partial charge in [0.1, 0.15) is 5.76 Å². The van der Waals surface area contributed by atoms with E-state index in [1.807, 2.05) is 6.07 Å². The van der Waals surface area contributed by atoms with Crippen LogP contribution in [-0.4, -0.2) is 6.54 Å². The summed E-state index contributed by atoms with van der Waals surface area (Å²) in [5.74, 6) is 0.872. The summed E-state index contributed by atoms with van der Waals surface area (Å²) >= 11 is 7.50. The Hall–Kier alpha value is -0.770. The molecule has 2 aromatic rings. The highest BCUT2D eigenvalue weighted by Crippen LogP contribution is 2.27. The fraction of sp³-hybridized carbons (Fsp3) is 0.333. The third-order valence-electron chi connectivity index (χ3n) is 2.35. The fourth-order valence-electron chi connectivity index (χ4n) is 1.59. The number of halogens is 1. The lowest BCUT2D eigenvalue weighted by atomic mass is 10.1. The molecule has 0 aliphatic carbocycles. The molecule has 0 aliphatic heterocycles. The summed E-state index contributed by atoms with van der Waals surface area (Å²) < 4.78 is 5.47. The van der Waals surface area contributed by atoms with Crippen molar-refractivity contribution in [2.75, 3.05) is 6.54 Å². The Morgan fingerprint density at radius 1 is 1.44 bits per heavy atom. The molecule has 1 unspecified atom stereocenters. The Labute approximate surface area is 104 Å². The van der Waals surface area contributed by atoms with Crippen molar-refractivity contribution in [3.8, 4) is 0 Å². The van der Waals surface area contributed by atoms with Gasteiger partial charge in [0.15, 0.2) is 5.22 Å². The van der Waals surface area contributed by atoms with E-state index >= 15 is 0 Å². The van der Waals surface area contributed by atoms with Gasteiger partial charge in [0, 0.05) is 0 Å². The van der Waals surface area contributed by atoms with Crippen LogP contribution in [0.25, 0.3) is 0 Å². The first kappa shape index (κ1) is 11.7. The van der Waals surface area contributed by atoms with Gasteiger partial charge in [-0.2, -0.15) is 11.3 Å². The van der Waals surface area contributed by atoms with Gasteiger partial charge in [0.05, 0.1) is 6.04 Å². The second kappa shape index (κ2) is 5.53. The summed E-state index contributed by atoms with van der Waals surface area (Å²) in [6, 6.07) is 5.92. The van der Waals surface area contributed by atoms with Gasteiger partial charge < -0.3 is 9.73 Å². The Morgan fingerprint density at radius 3 is 2.88 bits per heavy atom. The van der Waals surface area contributed by atoms with Gasteiger partial charge in [0.2, 0.25) is 0 Å². The summed E-state index contributed by atoms with van der Waals surface area (Å²) in [5.41, 5.74) is 1.23. The minimum atomic E-state index is 0.110. The monoisotopic (exact) mass is 255 g/mol. The van der Waals surface area contributed by atoms with Crippen molar-refractivity contribution < 1.29 is 4.42 Å². The van der Waals surface area contributed by atoms with E-state index in [-0.39, 0.29) is 6.04 Å². The molecule has 2 heterocycles. The molecular formula is C12H14ClNOS. The summed E-state index contributed by atoms with van der Waals surface area (Å²) in [6.07, 6.45) is 1.09. The standard InChI is InChI=1S/C12H14ClNOS/c1-2-6-14-12(9-5-7-16-8-9)10-3-4-11(13)15-10/h3-5,7-8,12,14H,2,6H2,1H3. The lowest BCUT2D eigenvalue weighted by Gasteiger charge is -2.14. The largest absolute Gasteiger partial charge is 0.448 e. The number of furan rings is 1. The van der Waals surface area contributed by atoms with Crippen LogP contribution in [0, 0.1) is 0 Å².